The van der Waals surface area contributed by atoms with Crippen LogP contribution < -0.4 is 16.2 Å². The molecule has 0 aliphatic carbocycles. The Morgan fingerprint density at radius 2 is 1.33 bits per heavy atom. The molecule has 0 spiro atoms. The van der Waals surface area contributed by atoms with E-state index in [-0.39, 0.29) is 5.96 Å². The summed E-state index contributed by atoms with van der Waals surface area (Å²) in [5.41, 5.74) is 8.00. The van der Waals surface area contributed by atoms with Gasteiger partial charge in [0.15, 0.2) is 0 Å². The number of quaternary nitrogens is 1. The minimum absolute atomic E-state index is 0.152. The van der Waals surface area contributed by atoms with Gasteiger partial charge >= 0.3 is 0 Å². The second-order valence-electron chi connectivity index (χ2n) is 7.10. The molecule has 0 radical (unpaired) electrons. The molecule has 0 aliphatic rings. The van der Waals surface area contributed by atoms with E-state index < -0.39 is 5.97 Å². The van der Waals surface area contributed by atoms with Gasteiger partial charge < -0.3 is 15.6 Å². The number of aliphatic carboxylic acids is 1. The van der Waals surface area contributed by atoms with Crippen LogP contribution in [0, 0.1) is 5.41 Å². The molecule has 0 bridgehead atoms. The lowest BCUT2D eigenvalue weighted by Crippen LogP contribution is -2.88. The first-order chi connectivity index (χ1) is 13.0. The van der Waals surface area contributed by atoms with E-state index in [0.29, 0.717) is 0 Å². The number of hydrogen-bond acceptors (Lipinski definition) is 3. The van der Waals surface area contributed by atoms with Crippen molar-refractivity contribution in [1.82, 2.24) is 0 Å². The fraction of sp³-hybridized carbons (Fsp3) is 0.636. The van der Waals surface area contributed by atoms with Gasteiger partial charge in [-0.25, -0.2) is 5.41 Å². The number of carboxylic acids is 1. The molecule has 1 aromatic carbocycles. The highest BCUT2D eigenvalue weighted by Crippen LogP contribution is 2.12. The molecular weight excluding hydrogens is 338 g/mol. The van der Waals surface area contributed by atoms with Gasteiger partial charge in [0.1, 0.15) is 6.54 Å². The third-order valence-corrected chi connectivity index (χ3v) is 4.40. The highest BCUT2D eigenvalue weighted by molar-refractivity contribution is 5.63. The first-order valence-corrected chi connectivity index (χ1v) is 10.4. The van der Waals surface area contributed by atoms with Crippen LogP contribution in [-0.4, -0.2) is 11.9 Å². The van der Waals surface area contributed by atoms with Gasteiger partial charge in [-0.2, -0.15) is 0 Å². The summed E-state index contributed by atoms with van der Waals surface area (Å²) in [7, 11) is 0. The lowest BCUT2D eigenvalue weighted by molar-refractivity contribution is -0.560. The molecule has 0 atom stereocenters. The molecule has 0 saturated heterocycles. The zero-order valence-electron chi connectivity index (χ0n) is 17.3. The normalized spacial score (nSPS) is 10.1. The van der Waals surface area contributed by atoms with Crippen LogP contribution >= 0.6 is 0 Å². The number of hydrogen-bond donors (Lipinski definition) is 3. The van der Waals surface area contributed by atoms with Crippen LogP contribution in [0.1, 0.15) is 89.2 Å². The van der Waals surface area contributed by atoms with Crippen molar-refractivity contribution in [1.29, 1.82) is 5.41 Å². The van der Waals surface area contributed by atoms with Crippen molar-refractivity contribution in [3.05, 3.63) is 35.4 Å². The summed E-state index contributed by atoms with van der Waals surface area (Å²) < 4.78 is 0. The Hall–Kier alpha value is -1.88. The SMILES string of the molecule is CC(=O)[O-].CCCCCCCCCCCCc1ccc(C[NH2+]C(=N)N)cc1. The monoisotopic (exact) mass is 377 g/mol. The van der Waals surface area contributed by atoms with Gasteiger partial charge in [0.05, 0.1) is 0 Å². The number of carboxylic acid groups (broad SMARTS) is 1. The van der Waals surface area contributed by atoms with Crippen LogP contribution in [0.4, 0.5) is 0 Å². The first-order valence-electron chi connectivity index (χ1n) is 10.4. The zero-order valence-corrected chi connectivity index (χ0v) is 17.3. The van der Waals surface area contributed by atoms with Crippen LogP contribution in [-0.2, 0) is 17.8 Å². The predicted molar refractivity (Wildman–Crippen MR) is 110 cm³/mol. The lowest BCUT2D eigenvalue weighted by Gasteiger charge is -2.04. The maximum absolute atomic E-state index is 8.89. The van der Waals surface area contributed by atoms with Crippen molar-refractivity contribution in [2.75, 3.05) is 0 Å². The summed E-state index contributed by atoms with van der Waals surface area (Å²) in [5.74, 6) is -0.931. The summed E-state index contributed by atoms with van der Waals surface area (Å²) in [5, 5.41) is 17.8. The van der Waals surface area contributed by atoms with Gasteiger partial charge in [0, 0.05) is 11.5 Å². The van der Waals surface area contributed by atoms with Gasteiger partial charge in [-0.15, -0.1) is 0 Å². The van der Waals surface area contributed by atoms with Gasteiger partial charge in [0.25, 0.3) is 5.96 Å². The second-order valence-corrected chi connectivity index (χ2v) is 7.10. The second kappa shape index (κ2) is 17.5. The maximum Gasteiger partial charge on any atom is 0.289 e. The molecule has 0 fully saturated rings. The van der Waals surface area contributed by atoms with Gasteiger partial charge in [0.2, 0.25) is 0 Å². The van der Waals surface area contributed by atoms with E-state index in [1.807, 2.05) is 0 Å². The Balaban J connectivity index is 0.00000153. The van der Waals surface area contributed by atoms with Crippen molar-refractivity contribution in [3.63, 3.8) is 0 Å². The van der Waals surface area contributed by atoms with Crippen molar-refractivity contribution >= 4 is 11.9 Å². The zero-order chi connectivity index (χ0) is 20.3. The minimum atomic E-state index is -1.08. The summed E-state index contributed by atoms with van der Waals surface area (Å²) in [6.07, 6.45) is 15.1. The minimum Gasteiger partial charge on any atom is -0.550 e. The van der Waals surface area contributed by atoms with Crippen LogP contribution in [0.25, 0.3) is 0 Å². The summed E-state index contributed by atoms with van der Waals surface area (Å²) in [6, 6.07) is 8.75. The number of unbranched alkanes of at least 4 members (excludes halogenated alkanes) is 9. The van der Waals surface area contributed by atoms with Crippen LogP contribution in [0.15, 0.2) is 24.3 Å². The maximum atomic E-state index is 8.89. The molecule has 0 saturated carbocycles. The quantitative estimate of drug-likeness (QED) is 0.279. The summed E-state index contributed by atoms with van der Waals surface area (Å²) in [6.45, 7) is 4.01. The van der Waals surface area contributed by atoms with Gasteiger partial charge in [-0.3, -0.25) is 5.32 Å². The molecule has 1 aromatic rings. The molecule has 5 heteroatoms. The van der Waals surface area contributed by atoms with E-state index >= 15 is 0 Å². The van der Waals surface area contributed by atoms with Crippen molar-refractivity contribution in [2.45, 2.75) is 91.0 Å². The molecule has 5 nitrogen and oxygen atoms in total. The molecule has 154 valence electrons. The van der Waals surface area contributed by atoms with Crippen molar-refractivity contribution < 1.29 is 15.2 Å². The summed E-state index contributed by atoms with van der Waals surface area (Å²) in [4.78, 5) is 8.89. The number of carbonyl (C=O) groups is 1. The lowest BCUT2D eigenvalue weighted by atomic mass is 10.0. The number of guanidine groups is 1. The molecule has 0 aromatic heterocycles. The number of benzene rings is 1. The van der Waals surface area contributed by atoms with Gasteiger partial charge in [-0.05, 0) is 25.3 Å². The Labute approximate surface area is 165 Å². The molecular formula is C22H39N3O2. The highest BCUT2D eigenvalue weighted by atomic mass is 16.4. The number of carbonyl (C=O) groups excluding carboxylic acids is 1. The average Bonchev–Trinajstić information content (AvgIpc) is 2.62. The van der Waals surface area contributed by atoms with Crippen molar-refractivity contribution in [2.24, 2.45) is 5.73 Å². The third-order valence-electron chi connectivity index (χ3n) is 4.40. The van der Waals surface area contributed by atoms with Gasteiger partial charge in [-0.1, -0.05) is 89.0 Å². The number of nitrogens with two attached hydrogens (primary N) is 2. The first kappa shape index (κ1) is 25.1. The third kappa shape index (κ3) is 18.7. The topological polar surface area (TPSA) is 107 Å². The van der Waals surface area contributed by atoms with Crippen molar-refractivity contribution in [3.8, 4) is 0 Å². The standard InChI is InChI=1S/C20H35N3.C2H4O2/c1-2-3-4-5-6-7-8-9-10-11-12-18-13-15-19(16-14-18)17-23-20(21)22;1-2(3)4/h13-16H,2-12,17H2,1H3,(H4,21,22,23);1H3,(H,3,4). The number of aryl methyl sites for hydroxylation is 1. The van der Waals surface area contributed by atoms with E-state index in [4.69, 9.17) is 21.0 Å². The molecule has 0 unspecified atom stereocenters. The van der Waals surface area contributed by atoms with E-state index in [0.717, 1.165) is 13.5 Å². The molecule has 0 amide bonds. The fourth-order valence-corrected chi connectivity index (χ4v) is 2.89. The van der Waals surface area contributed by atoms with Crippen LogP contribution in [0.3, 0.4) is 0 Å². The number of nitrogens with one attached hydrogen (secondary N) is 1. The van der Waals surface area contributed by atoms with E-state index in [2.05, 4.69) is 31.2 Å². The molecule has 27 heavy (non-hydrogen) atoms. The molecule has 5 N–H and O–H groups in total. The molecule has 1 rings (SSSR count). The van der Waals surface area contributed by atoms with Crippen LogP contribution in [0.2, 0.25) is 0 Å². The fourth-order valence-electron chi connectivity index (χ4n) is 2.89. The average molecular weight is 378 g/mol. The Bertz CT molecular complexity index is 497. The Morgan fingerprint density at radius 3 is 1.78 bits per heavy atom. The molecule has 0 heterocycles. The van der Waals surface area contributed by atoms with E-state index in [1.54, 1.807) is 5.32 Å². The summed E-state index contributed by atoms with van der Waals surface area (Å²) >= 11 is 0. The highest BCUT2D eigenvalue weighted by Gasteiger charge is 1.99. The molecule has 0 aliphatic heterocycles. The predicted octanol–water partition coefficient (Wildman–Crippen LogP) is 2.86. The van der Waals surface area contributed by atoms with Crippen LogP contribution in [0.5, 0.6) is 0 Å². The Morgan fingerprint density at radius 1 is 0.926 bits per heavy atom. The smallest absolute Gasteiger partial charge is 0.289 e. The van der Waals surface area contributed by atoms with E-state index in [9.17, 15) is 0 Å². The van der Waals surface area contributed by atoms with E-state index in [1.165, 1.54) is 81.8 Å². The Kier molecular flexibility index (Phi) is 16.3. The number of rotatable bonds is 13. The largest absolute Gasteiger partial charge is 0.550 e.